The lowest BCUT2D eigenvalue weighted by molar-refractivity contribution is 0.174. The number of hydrogen-bond donors (Lipinski definition) is 1. The van der Waals surface area contributed by atoms with Gasteiger partial charge in [-0.25, -0.2) is 0 Å². The lowest BCUT2D eigenvalue weighted by Gasteiger charge is -1.99. The second-order valence-corrected chi connectivity index (χ2v) is 2.67. The van der Waals surface area contributed by atoms with Gasteiger partial charge < -0.3 is 14.6 Å². The lowest BCUT2D eigenvalue weighted by Crippen LogP contribution is -1.93. The minimum Gasteiger partial charge on any atom is -0.454 e. The first-order valence-corrected chi connectivity index (χ1v) is 4.08. The monoisotopic (exact) mass is 178 g/mol. The summed E-state index contributed by atoms with van der Waals surface area (Å²) < 4.78 is 10.5. The van der Waals surface area contributed by atoms with Crippen molar-refractivity contribution in [3.8, 4) is 11.5 Å². The molecule has 1 aromatic rings. The molecule has 0 saturated carbocycles. The summed E-state index contributed by atoms with van der Waals surface area (Å²) in [5.41, 5.74) is 0.934. The van der Waals surface area contributed by atoms with Crippen LogP contribution >= 0.6 is 0 Å². The van der Waals surface area contributed by atoms with Crippen molar-refractivity contribution in [3.05, 3.63) is 29.8 Å². The Morgan fingerprint density at radius 3 is 3.15 bits per heavy atom. The van der Waals surface area contributed by atoms with E-state index in [9.17, 15) is 0 Å². The Hall–Kier alpha value is -1.48. The van der Waals surface area contributed by atoms with Gasteiger partial charge in [0.25, 0.3) is 0 Å². The number of aliphatic hydroxyl groups excluding tert-OH is 1. The van der Waals surface area contributed by atoms with Crippen LogP contribution in [0.15, 0.2) is 24.3 Å². The van der Waals surface area contributed by atoms with Gasteiger partial charge in [-0.15, -0.1) is 0 Å². The van der Waals surface area contributed by atoms with Gasteiger partial charge in [-0.2, -0.15) is 0 Å². The van der Waals surface area contributed by atoms with Crippen molar-refractivity contribution in [2.24, 2.45) is 0 Å². The van der Waals surface area contributed by atoms with E-state index in [2.05, 4.69) is 0 Å². The van der Waals surface area contributed by atoms with E-state index in [1.165, 1.54) is 0 Å². The van der Waals surface area contributed by atoms with Crippen LogP contribution < -0.4 is 9.47 Å². The summed E-state index contributed by atoms with van der Waals surface area (Å²) in [4.78, 5) is 0. The van der Waals surface area contributed by atoms with E-state index in [0.29, 0.717) is 0 Å². The summed E-state index contributed by atoms with van der Waals surface area (Å²) in [7, 11) is 0. The molecule has 1 heterocycles. The third-order valence-electron chi connectivity index (χ3n) is 1.83. The zero-order valence-corrected chi connectivity index (χ0v) is 7.06. The van der Waals surface area contributed by atoms with Gasteiger partial charge in [0.15, 0.2) is 11.5 Å². The molecule has 0 fully saturated rings. The van der Waals surface area contributed by atoms with Crippen molar-refractivity contribution in [1.29, 1.82) is 0 Å². The molecule has 1 aliphatic rings. The van der Waals surface area contributed by atoms with Gasteiger partial charge in [-0.3, -0.25) is 0 Å². The molecule has 3 heteroatoms. The summed E-state index contributed by atoms with van der Waals surface area (Å²) in [6.45, 7) is 0.309. The number of rotatable bonds is 2. The first kappa shape index (κ1) is 8.13. The first-order chi connectivity index (χ1) is 6.42. The molecule has 2 rings (SSSR count). The van der Waals surface area contributed by atoms with E-state index in [0.717, 1.165) is 17.1 Å². The Balaban J connectivity index is 2.36. The Bertz CT molecular complexity index is 331. The Kier molecular flexibility index (Phi) is 2.19. The van der Waals surface area contributed by atoms with Crippen LogP contribution in [0.2, 0.25) is 0 Å². The average molecular weight is 178 g/mol. The zero-order valence-electron chi connectivity index (χ0n) is 7.06. The normalized spacial score (nSPS) is 13.9. The quantitative estimate of drug-likeness (QED) is 0.744. The van der Waals surface area contributed by atoms with E-state index in [1.54, 1.807) is 6.08 Å². The number of aliphatic hydroxyl groups is 1. The van der Waals surface area contributed by atoms with Crippen LogP contribution in [-0.2, 0) is 0 Å². The Labute approximate surface area is 76.2 Å². The van der Waals surface area contributed by atoms with Gasteiger partial charge in [0.05, 0.1) is 6.61 Å². The number of ether oxygens (including phenoxy) is 2. The molecule has 68 valence electrons. The summed E-state index contributed by atoms with van der Waals surface area (Å²) in [5, 5.41) is 8.62. The fourth-order valence-electron chi connectivity index (χ4n) is 1.26. The van der Waals surface area contributed by atoms with Gasteiger partial charge in [-0.05, 0) is 6.07 Å². The van der Waals surface area contributed by atoms with Crippen molar-refractivity contribution in [2.75, 3.05) is 13.4 Å². The zero-order chi connectivity index (χ0) is 9.10. The maximum Gasteiger partial charge on any atom is 0.231 e. The van der Waals surface area contributed by atoms with E-state index in [1.807, 2.05) is 24.3 Å². The van der Waals surface area contributed by atoms with E-state index in [-0.39, 0.29) is 13.4 Å². The average Bonchev–Trinajstić information content (AvgIpc) is 2.62. The molecule has 0 bridgehead atoms. The molecule has 0 unspecified atom stereocenters. The van der Waals surface area contributed by atoms with Gasteiger partial charge in [0, 0.05) is 5.56 Å². The summed E-state index contributed by atoms with van der Waals surface area (Å²) in [6, 6.07) is 5.67. The highest BCUT2D eigenvalue weighted by molar-refractivity contribution is 5.62. The van der Waals surface area contributed by atoms with Gasteiger partial charge in [-0.1, -0.05) is 24.3 Å². The molecule has 0 aliphatic carbocycles. The van der Waals surface area contributed by atoms with Crippen LogP contribution in [0.3, 0.4) is 0 Å². The van der Waals surface area contributed by atoms with Crippen molar-refractivity contribution in [2.45, 2.75) is 0 Å². The number of para-hydroxylation sites is 1. The van der Waals surface area contributed by atoms with Gasteiger partial charge in [0.1, 0.15) is 0 Å². The van der Waals surface area contributed by atoms with Crippen LogP contribution in [-0.4, -0.2) is 18.5 Å². The Morgan fingerprint density at radius 2 is 2.31 bits per heavy atom. The number of hydrogen-bond acceptors (Lipinski definition) is 3. The molecule has 0 atom stereocenters. The Morgan fingerprint density at radius 1 is 1.38 bits per heavy atom. The number of benzene rings is 1. The summed E-state index contributed by atoms with van der Waals surface area (Å²) in [5.74, 6) is 1.52. The summed E-state index contributed by atoms with van der Waals surface area (Å²) in [6.07, 6.45) is 3.48. The minimum atomic E-state index is 0.0323. The van der Waals surface area contributed by atoms with E-state index >= 15 is 0 Å². The minimum absolute atomic E-state index is 0.0323. The van der Waals surface area contributed by atoms with Crippen molar-refractivity contribution in [3.63, 3.8) is 0 Å². The summed E-state index contributed by atoms with van der Waals surface area (Å²) >= 11 is 0. The van der Waals surface area contributed by atoms with Crippen LogP contribution in [0.5, 0.6) is 11.5 Å². The fraction of sp³-hybridized carbons (Fsp3) is 0.200. The van der Waals surface area contributed by atoms with Crippen LogP contribution in [0, 0.1) is 0 Å². The molecule has 0 radical (unpaired) electrons. The molecule has 3 nitrogen and oxygen atoms in total. The molecule has 13 heavy (non-hydrogen) atoms. The van der Waals surface area contributed by atoms with Crippen LogP contribution in [0.1, 0.15) is 5.56 Å². The highest BCUT2D eigenvalue weighted by atomic mass is 16.7. The van der Waals surface area contributed by atoms with Crippen LogP contribution in [0.4, 0.5) is 0 Å². The molecule has 0 aromatic heterocycles. The molecule has 1 N–H and O–H groups in total. The molecular formula is C10H10O3. The van der Waals surface area contributed by atoms with E-state index < -0.39 is 0 Å². The van der Waals surface area contributed by atoms with Gasteiger partial charge in [0.2, 0.25) is 6.79 Å². The maximum absolute atomic E-state index is 8.62. The SMILES string of the molecule is OCC=Cc1cccc2c1OCO2. The molecule has 0 amide bonds. The highest BCUT2D eigenvalue weighted by Crippen LogP contribution is 2.35. The third kappa shape index (κ3) is 1.51. The molecule has 1 aliphatic heterocycles. The van der Waals surface area contributed by atoms with Crippen molar-refractivity contribution in [1.82, 2.24) is 0 Å². The molecular weight excluding hydrogens is 168 g/mol. The predicted octanol–water partition coefficient (Wildman–Crippen LogP) is 1.42. The predicted molar refractivity (Wildman–Crippen MR) is 48.7 cm³/mol. The van der Waals surface area contributed by atoms with E-state index in [4.69, 9.17) is 14.6 Å². The molecule has 0 saturated heterocycles. The maximum atomic E-state index is 8.62. The topological polar surface area (TPSA) is 38.7 Å². The first-order valence-electron chi connectivity index (χ1n) is 4.08. The van der Waals surface area contributed by atoms with Crippen molar-refractivity contribution < 1.29 is 14.6 Å². The standard InChI is InChI=1S/C10H10O3/c11-6-2-4-8-3-1-5-9-10(8)13-7-12-9/h1-5,11H,6-7H2. The second kappa shape index (κ2) is 3.49. The second-order valence-electron chi connectivity index (χ2n) is 2.67. The fourth-order valence-corrected chi connectivity index (χ4v) is 1.26. The van der Waals surface area contributed by atoms with Crippen LogP contribution in [0.25, 0.3) is 6.08 Å². The molecule has 1 aromatic carbocycles. The number of fused-ring (bicyclic) bond motifs is 1. The van der Waals surface area contributed by atoms with Gasteiger partial charge >= 0.3 is 0 Å². The third-order valence-corrected chi connectivity index (χ3v) is 1.83. The smallest absolute Gasteiger partial charge is 0.231 e. The van der Waals surface area contributed by atoms with Crippen molar-refractivity contribution >= 4 is 6.08 Å². The lowest BCUT2D eigenvalue weighted by atomic mass is 10.2. The molecule has 0 spiro atoms. The largest absolute Gasteiger partial charge is 0.454 e. The highest BCUT2D eigenvalue weighted by Gasteiger charge is 2.14.